The summed E-state index contributed by atoms with van der Waals surface area (Å²) in [5.74, 6) is -0.0881. The number of aliphatic hydroxyl groups is 1. The number of para-hydroxylation sites is 1. The Kier molecular flexibility index (Phi) is 3.10. The summed E-state index contributed by atoms with van der Waals surface area (Å²) < 4.78 is 1.92. The number of benzene rings is 1. The molecule has 1 fully saturated rings. The van der Waals surface area contributed by atoms with Crippen LogP contribution in [0.3, 0.4) is 0 Å². The predicted molar refractivity (Wildman–Crippen MR) is 76.9 cm³/mol. The molecule has 104 valence electrons. The summed E-state index contributed by atoms with van der Waals surface area (Å²) in [6.45, 7) is 1.80. The molecular formula is C16H18N2O2. The fourth-order valence-electron chi connectivity index (χ4n) is 2.75. The van der Waals surface area contributed by atoms with Crippen molar-refractivity contribution in [2.45, 2.75) is 31.4 Å². The molecule has 1 aliphatic carbocycles. The van der Waals surface area contributed by atoms with Crippen LogP contribution in [0.1, 0.15) is 30.1 Å². The first-order valence-corrected chi connectivity index (χ1v) is 6.81. The van der Waals surface area contributed by atoms with Gasteiger partial charge in [0.25, 0.3) is 5.91 Å². The summed E-state index contributed by atoms with van der Waals surface area (Å²) in [4.78, 5) is 12.4. The van der Waals surface area contributed by atoms with Crippen molar-refractivity contribution in [1.82, 2.24) is 9.88 Å². The van der Waals surface area contributed by atoms with Gasteiger partial charge in [-0.1, -0.05) is 12.1 Å². The predicted octanol–water partition coefficient (Wildman–Crippen LogP) is 2.12. The van der Waals surface area contributed by atoms with E-state index >= 15 is 0 Å². The van der Waals surface area contributed by atoms with E-state index in [2.05, 4.69) is 5.32 Å². The molecule has 1 aromatic heterocycles. The van der Waals surface area contributed by atoms with Crippen LogP contribution in [0.15, 0.2) is 48.8 Å². The molecule has 1 aromatic carbocycles. The topological polar surface area (TPSA) is 54.3 Å². The molecule has 1 heterocycles. The molecule has 3 rings (SSSR count). The van der Waals surface area contributed by atoms with Gasteiger partial charge < -0.3 is 15.0 Å². The van der Waals surface area contributed by atoms with Crippen LogP contribution in [0.4, 0.5) is 0 Å². The molecule has 20 heavy (non-hydrogen) atoms. The number of hydrogen-bond acceptors (Lipinski definition) is 2. The van der Waals surface area contributed by atoms with Crippen LogP contribution < -0.4 is 5.32 Å². The van der Waals surface area contributed by atoms with Gasteiger partial charge in [-0.25, -0.2) is 0 Å². The van der Waals surface area contributed by atoms with Crippen LogP contribution in [-0.4, -0.2) is 27.2 Å². The average Bonchev–Trinajstić information content (AvgIpc) is 2.90. The number of carbonyl (C=O) groups excluding carboxylic acids is 1. The van der Waals surface area contributed by atoms with Crippen LogP contribution in [-0.2, 0) is 0 Å². The molecule has 1 aliphatic rings. The third kappa shape index (κ3) is 2.47. The highest BCUT2D eigenvalue weighted by Crippen LogP contribution is 2.31. The summed E-state index contributed by atoms with van der Waals surface area (Å²) in [6, 6.07) is 11.4. The molecule has 0 bridgehead atoms. The lowest BCUT2D eigenvalue weighted by molar-refractivity contribution is -0.0366. The molecule has 4 nitrogen and oxygen atoms in total. The van der Waals surface area contributed by atoms with E-state index in [0.717, 1.165) is 5.69 Å². The van der Waals surface area contributed by atoms with Crippen LogP contribution >= 0.6 is 0 Å². The lowest BCUT2D eigenvalue weighted by Crippen LogP contribution is -2.53. The Labute approximate surface area is 118 Å². The van der Waals surface area contributed by atoms with Gasteiger partial charge in [-0.2, -0.15) is 0 Å². The van der Waals surface area contributed by atoms with Gasteiger partial charge in [-0.3, -0.25) is 4.79 Å². The van der Waals surface area contributed by atoms with Gasteiger partial charge in [0.2, 0.25) is 0 Å². The van der Waals surface area contributed by atoms with E-state index in [1.54, 1.807) is 6.92 Å². The van der Waals surface area contributed by atoms with Crippen molar-refractivity contribution in [3.63, 3.8) is 0 Å². The van der Waals surface area contributed by atoms with E-state index in [-0.39, 0.29) is 11.9 Å². The van der Waals surface area contributed by atoms with E-state index in [9.17, 15) is 9.90 Å². The monoisotopic (exact) mass is 270 g/mol. The molecule has 1 amide bonds. The fraction of sp³-hybridized carbons (Fsp3) is 0.312. The van der Waals surface area contributed by atoms with Crippen molar-refractivity contribution in [3.8, 4) is 5.69 Å². The maximum Gasteiger partial charge on any atom is 0.253 e. The molecule has 2 aromatic rings. The van der Waals surface area contributed by atoms with Gasteiger partial charge in [-0.05, 0) is 44.0 Å². The van der Waals surface area contributed by atoms with Gasteiger partial charge in [0.1, 0.15) is 0 Å². The van der Waals surface area contributed by atoms with Crippen molar-refractivity contribution in [2.75, 3.05) is 0 Å². The van der Waals surface area contributed by atoms with Gasteiger partial charge in [-0.15, -0.1) is 0 Å². The molecule has 0 spiro atoms. The summed E-state index contributed by atoms with van der Waals surface area (Å²) >= 11 is 0. The third-order valence-corrected chi connectivity index (χ3v) is 3.74. The maximum absolute atomic E-state index is 12.4. The second-order valence-corrected chi connectivity index (χ2v) is 5.68. The highest BCUT2D eigenvalue weighted by molar-refractivity contribution is 5.98. The van der Waals surface area contributed by atoms with Gasteiger partial charge >= 0.3 is 0 Å². The molecule has 0 saturated heterocycles. The van der Waals surface area contributed by atoms with Crippen LogP contribution in [0.5, 0.6) is 0 Å². The van der Waals surface area contributed by atoms with Crippen molar-refractivity contribution in [2.24, 2.45) is 0 Å². The van der Waals surface area contributed by atoms with E-state index in [1.165, 1.54) is 0 Å². The standard InChI is InChI=1S/C16H18N2O2/c1-16(20)10-12(11-16)17-15(19)13-6-2-3-7-14(13)18-8-4-5-9-18/h2-9,12,20H,10-11H2,1H3,(H,17,19). The Balaban J connectivity index is 1.79. The van der Waals surface area contributed by atoms with Gasteiger partial charge in [0.05, 0.1) is 16.9 Å². The van der Waals surface area contributed by atoms with Crippen molar-refractivity contribution >= 4 is 5.91 Å². The quantitative estimate of drug-likeness (QED) is 0.897. The second kappa shape index (κ2) is 4.80. The first-order chi connectivity index (χ1) is 9.55. The Morgan fingerprint density at radius 3 is 2.55 bits per heavy atom. The zero-order valence-electron chi connectivity index (χ0n) is 11.4. The van der Waals surface area contributed by atoms with E-state index < -0.39 is 5.60 Å². The van der Waals surface area contributed by atoms with Crippen molar-refractivity contribution in [3.05, 3.63) is 54.4 Å². The minimum Gasteiger partial charge on any atom is -0.390 e. The van der Waals surface area contributed by atoms with E-state index in [4.69, 9.17) is 0 Å². The zero-order chi connectivity index (χ0) is 14.2. The van der Waals surface area contributed by atoms with Crippen molar-refractivity contribution < 1.29 is 9.90 Å². The Morgan fingerprint density at radius 1 is 1.25 bits per heavy atom. The molecule has 0 atom stereocenters. The first-order valence-electron chi connectivity index (χ1n) is 6.81. The number of amides is 1. The Bertz CT molecular complexity index is 609. The fourth-order valence-corrected chi connectivity index (χ4v) is 2.75. The molecule has 2 N–H and O–H groups in total. The largest absolute Gasteiger partial charge is 0.390 e. The molecule has 0 aliphatic heterocycles. The zero-order valence-corrected chi connectivity index (χ0v) is 11.4. The summed E-state index contributed by atoms with van der Waals surface area (Å²) in [5, 5.41) is 12.7. The highest BCUT2D eigenvalue weighted by Gasteiger charge is 2.39. The normalized spacial score (nSPS) is 25.0. The number of rotatable bonds is 3. The summed E-state index contributed by atoms with van der Waals surface area (Å²) in [5.41, 5.74) is 0.883. The number of nitrogens with zero attached hydrogens (tertiary/aromatic N) is 1. The number of aromatic nitrogens is 1. The SMILES string of the molecule is CC1(O)CC(NC(=O)c2ccccc2-n2cccc2)C1. The Hall–Kier alpha value is -2.07. The molecule has 0 radical (unpaired) electrons. The number of nitrogens with one attached hydrogen (secondary N) is 1. The average molecular weight is 270 g/mol. The minimum atomic E-state index is -0.627. The highest BCUT2D eigenvalue weighted by atomic mass is 16.3. The maximum atomic E-state index is 12.4. The lowest BCUT2D eigenvalue weighted by atomic mass is 9.77. The molecule has 1 saturated carbocycles. The van der Waals surface area contributed by atoms with Crippen LogP contribution in [0.25, 0.3) is 5.69 Å². The van der Waals surface area contributed by atoms with Gasteiger partial charge in [0.15, 0.2) is 0 Å². The lowest BCUT2D eigenvalue weighted by Gasteiger charge is -2.41. The van der Waals surface area contributed by atoms with Gasteiger partial charge in [0, 0.05) is 18.4 Å². The first kappa shape index (κ1) is 12.9. The molecular weight excluding hydrogens is 252 g/mol. The van der Waals surface area contributed by atoms with E-state index in [0.29, 0.717) is 18.4 Å². The number of hydrogen-bond donors (Lipinski definition) is 2. The van der Waals surface area contributed by atoms with Crippen molar-refractivity contribution in [1.29, 1.82) is 0 Å². The second-order valence-electron chi connectivity index (χ2n) is 5.68. The molecule has 0 unspecified atom stereocenters. The number of carbonyl (C=O) groups is 1. The summed E-state index contributed by atoms with van der Waals surface area (Å²) in [7, 11) is 0. The Morgan fingerprint density at radius 2 is 1.90 bits per heavy atom. The van der Waals surface area contributed by atoms with Crippen LogP contribution in [0, 0.1) is 0 Å². The summed E-state index contributed by atoms with van der Waals surface area (Å²) in [6.07, 6.45) is 5.06. The third-order valence-electron chi connectivity index (χ3n) is 3.74. The smallest absolute Gasteiger partial charge is 0.253 e. The van der Waals surface area contributed by atoms with Crippen LogP contribution in [0.2, 0.25) is 0 Å². The molecule has 4 heteroatoms. The van der Waals surface area contributed by atoms with E-state index in [1.807, 2.05) is 53.4 Å². The minimum absolute atomic E-state index is 0.0650.